The van der Waals surface area contributed by atoms with Gasteiger partial charge in [-0.3, -0.25) is 4.79 Å². The molecule has 1 aliphatic heterocycles. The summed E-state index contributed by atoms with van der Waals surface area (Å²) in [7, 11) is 0.608. The number of aromatic nitrogens is 1. The minimum atomic E-state index is -3.26. The lowest BCUT2D eigenvalue weighted by atomic mass is 10.0. The zero-order chi connectivity index (χ0) is 18.1. The third-order valence-electron chi connectivity index (χ3n) is 4.34. The van der Waals surface area contributed by atoms with Crippen LogP contribution in [0.2, 0.25) is 0 Å². The first-order chi connectivity index (χ1) is 11.1. The van der Waals surface area contributed by atoms with Gasteiger partial charge in [0.15, 0.2) is 0 Å². The molecule has 0 radical (unpaired) electrons. The smallest absolute Gasteiger partial charge is 0.224 e. The molecule has 24 heavy (non-hydrogen) atoms. The molecule has 9 heteroatoms. The molecule has 0 saturated carbocycles. The van der Waals surface area contributed by atoms with Crippen LogP contribution in [0.15, 0.2) is 4.52 Å². The number of carbonyl (C=O) groups is 1. The van der Waals surface area contributed by atoms with Gasteiger partial charge in [-0.2, -0.15) is 4.31 Å². The number of carbonyl (C=O) groups excluding carboxylic acids is 1. The summed E-state index contributed by atoms with van der Waals surface area (Å²) in [5.74, 6) is 0.550. The highest BCUT2D eigenvalue weighted by molar-refractivity contribution is 7.88. The maximum atomic E-state index is 12.4. The van der Waals surface area contributed by atoms with E-state index in [9.17, 15) is 13.2 Å². The molecule has 0 bridgehead atoms. The Balaban J connectivity index is 2.06. The van der Waals surface area contributed by atoms with Gasteiger partial charge >= 0.3 is 0 Å². The number of amides is 1. The lowest BCUT2D eigenvalue weighted by molar-refractivity contribution is -0.121. The highest BCUT2D eigenvalue weighted by Gasteiger charge is 2.38. The molecule has 2 heterocycles. The molecule has 1 aromatic rings. The molecule has 1 fully saturated rings. The Hall–Kier alpha value is -1.45. The first kappa shape index (κ1) is 18.9. The fourth-order valence-electron chi connectivity index (χ4n) is 3.09. The van der Waals surface area contributed by atoms with Crippen LogP contribution in [0.3, 0.4) is 0 Å². The SMILES string of the molecule is Cc1noc(C)c1CC(=O)N[C@@H]1CN(S(C)(=O)=O)C[C@H]1CN(C)C. The summed E-state index contributed by atoms with van der Waals surface area (Å²) in [4.78, 5) is 14.4. The number of nitrogens with zero attached hydrogens (tertiary/aromatic N) is 3. The maximum absolute atomic E-state index is 12.4. The Kier molecular flexibility index (Phi) is 5.67. The van der Waals surface area contributed by atoms with E-state index in [4.69, 9.17) is 4.52 Å². The third-order valence-corrected chi connectivity index (χ3v) is 5.58. The zero-order valence-electron chi connectivity index (χ0n) is 14.9. The first-order valence-electron chi connectivity index (χ1n) is 7.89. The minimum Gasteiger partial charge on any atom is -0.361 e. The zero-order valence-corrected chi connectivity index (χ0v) is 15.7. The molecule has 0 aromatic carbocycles. The minimum absolute atomic E-state index is 0.0587. The van der Waals surface area contributed by atoms with E-state index in [1.807, 2.05) is 19.0 Å². The van der Waals surface area contributed by atoms with E-state index in [1.54, 1.807) is 13.8 Å². The standard InChI is InChI=1S/C15H26N4O4S/c1-10-13(11(2)23-17-10)6-15(20)16-14-9-19(24(5,21)22)8-12(14)7-18(3)4/h12,14H,6-9H2,1-5H3,(H,16,20)/t12-,14-/m1/s1. The van der Waals surface area contributed by atoms with Crippen LogP contribution in [0.1, 0.15) is 17.0 Å². The molecule has 2 rings (SSSR count). The molecule has 1 aliphatic rings. The molecule has 0 unspecified atom stereocenters. The summed E-state index contributed by atoms with van der Waals surface area (Å²) in [6.45, 7) is 5.02. The lowest BCUT2D eigenvalue weighted by Crippen LogP contribution is -2.44. The summed E-state index contributed by atoms with van der Waals surface area (Å²) < 4.78 is 30.2. The number of sulfonamides is 1. The topological polar surface area (TPSA) is 95.7 Å². The average Bonchev–Trinajstić information content (AvgIpc) is 2.96. The Morgan fingerprint density at radius 2 is 2.04 bits per heavy atom. The molecule has 8 nitrogen and oxygen atoms in total. The van der Waals surface area contributed by atoms with E-state index in [-0.39, 0.29) is 24.3 Å². The Labute approximate surface area is 143 Å². The summed E-state index contributed by atoms with van der Waals surface area (Å²) in [6, 6.07) is -0.199. The number of hydrogen-bond donors (Lipinski definition) is 1. The van der Waals surface area contributed by atoms with Crippen molar-refractivity contribution < 1.29 is 17.7 Å². The molecular weight excluding hydrogens is 332 g/mol. The normalized spacial score (nSPS) is 22.2. The number of aryl methyl sites for hydroxylation is 2. The maximum Gasteiger partial charge on any atom is 0.224 e. The van der Waals surface area contributed by atoms with Gasteiger partial charge in [0.2, 0.25) is 15.9 Å². The molecule has 0 spiro atoms. The second kappa shape index (κ2) is 7.20. The Morgan fingerprint density at radius 1 is 1.38 bits per heavy atom. The van der Waals surface area contributed by atoms with Crippen LogP contribution < -0.4 is 5.32 Å². The molecule has 136 valence electrons. The summed E-state index contributed by atoms with van der Waals surface area (Å²) in [6.07, 6.45) is 1.39. The van der Waals surface area contributed by atoms with Gasteiger partial charge in [0.05, 0.1) is 18.4 Å². The number of hydrogen-bond acceptors (Lipinski definition) is 6. The summed E-state index contributed by atoms with van der Waals surface area (Å²) >= 11 is 0. The third kappa shape index (κ3) is 4.55. The summed E-state index contributed by atoms with van der Waals surface area (Å²) in [5.41, 5.74) is 1.49. The van der Waals surface area contributed by atoms with Crippen LogP contribution in [0.4, 0.5) is 0 Å². The van der Waals surface area contributed by atoms with E-state index in [0.717, 1.165) is 5.56 Å². The van der Waals surface area contributed by atoms with Gasteiger partial charge in [0.1, 0.15) is 5.76 Å². The highest BCUT2D eigenvalue weighted by atomic mass is 32.2. The van der Waals surface area contributed by atoms with Gasteiger partial charge in [-0.25, -0.2) is 8.42 Å². The molecule has 1 aromatic heterocycles. The van der Waals surface area contributed by atoms with Crippen molar-refractivity contribution in [3.8, 4) is 0 Å². The van der Waals surface area contributed by atoms with Crippen molar-refractivity contribution in [2.45, 2.75) is 26.3 Å². The van der Waals surface area contributed by atoms with Crippen LogP contribution in [0, 0.1) is 19.8 Å². The van der Waals surface area contributed by atoms with Crippen LogP contribution >= 0.6 is 0 Å². The van der Waals surface area contributed by atoms with E-state index < -0.39 is 10.0 Å². The summed E-state index contributed by atoms with van der Waals surface area (Å²) in [5, 5.41) is 6.84. The predicted octanol–water partition coefficient (Wildman–Crippen LogP) is -0.228. The van der Waals surface area contributed by atoms with Crippen molar-refractivity contribution in [3.05, 3.63) is 17.0 Å². The lowest BCUT2D eigenvalue weighted by Gasteiger charge is -2.22. The van der Waals surface area contributed by atoms with E-state index in [0.29, 0.717) is 31.1 Å². The van der Waals surface area contributed by atoms with Crippen LogP contribution in [-0.4, -0.2) is 74.7 Å². The van der Waals surface area contributed by atoms with E-state index in [2.05, 4.69) is 10.5 Å². The molecule has 0 aliphatic carbocycles. The van der Waals surface area contributed by atoms with E-state index >= 15 is 0 Å². The second-order valence-electron chi connectivity index (χ2n) is 6.76. The van der Waals surface area contributed by atoms with Crippen LogP contribution in [0.25, 0.3) is 0 Å². The molecule has 2 atom stereocenters. The van der Waals surface area contributed by atoms with Crippen molar-refractivity contribution in [2.75, 3.05) is 40.0 Å². The fraction of sp³-hybridized carbons (Fsp3) is 0.733. The monoisotopic (exact) mass is 358 g/mol. The van der Waals surface area contributed by atoms with Gasteiger partial charge in [0.25, 0.3) is 0 Å². The van der Waals surface area contributed by atoms with Crippen molar-refractivity contribution in [1.29, 1.82) is 0 Å². The average molecular weight is 358 g/mol. The fourth-order valence-corrected chi connectivity index (χ4v) is 3.99. The molecule has 1 N–H and O–H groups in total. The van der Waals surface area contributed by atoms with Crippen molar-refractivity contribution in [3.63, 3.8) is 0 Å². The Morgan fingerprint density at radius 3 is 2.54 bits per heavy atom. The quantitative estimate of drug-likeness (QED) is 0.755. The molecular formula is C15H26N4O4S. The van der Waals surface area contributed by atoms with Gasteiger partial charge in [-0.15, -0.1) is 0 Å². The number of nitrogens with one attached hydrogen (secondary N) is 1. The van der Waals surface area contributed by atoms with Gasteiger partial charge in [-0.1, -0.05) is 5.16 Å². The van der Waals surface area contributed by atoms with Gasteiger partial charge < -0.3 is 14.7 Å². The highest BCUT2D eigenvalue weighted by Crippen LogP contribution is 2.21. The first-order valence-corrected chi connectivity index (χ1v) is 9.73. The van der Waals surface area contributed by atoms with Crippen molar-refractivity contribution in [1.82, 2.24) is 19.7 Å². The Bertz CT molecular complexity index is 679. The second-order valence-corrected chi connectivity index (χ2v) is 8.74. The van der Waals surface area contributed by atoms with Gasteiger partial charge in [-0.05, 0) is 27.9 Å². The van der Waals surface area contributed by atoms with Crippen LogP contribution in [-0.2, 0) is 21.2 Å². The molecule has 1 saturated heterocycles. The van der Waals surface area contributed by atoms with Crippen molar-refractivity contribution >= 4 is 15.9 Å². The van der Waals surface area contributed by atoms with Crippen LogP contribution in [0.5, 0.6) is 0 Å². The van der Waals surface area contributed by atoms with Gasteiger partial charge in [0, 0.05) is 37.2 Å². The number of rotatable bonds is 6. The van der Waals surface area contributed by atoms with Crippen molar-refractivity contribution in [2.24, 2.45) is 5.92 Å². The largest absolute Gasteiger partial charge is 0.361 e. The predicted molar refractivity (Wildman–Crippen MR) is 90.1 cm³/mol. The molecule has 1 amide bonds. The van der Waals surface area contributed by atoms with E-state index in [1.165, 1.54) is 10.6 Å².